The predicted octanol–water partition coefficient (Wildman–Crippen LogP) is 4.75. The summed E-state index contributed by atoms with van der Waals surface area (Å²) in [5.74, 6) is 0.273. The average Bonchev–Trinajstić information content (AvgIpc) is 2.39. The molecule has 2 heteroatoms. The summed E-state index contributed by atoms with van der Waals surface area (Å²) in [5.41, 5.74) is 3.57. The Labute approximate surface area is 120 Å². The van der Waals surface area contributed by atoms with Crippen LogP contribution in [0, 0.1) is 6.92 Å². The van der Waals surface area contributed by atoms with Crippen LogP contribution >= 0.6 is 0 Å². The van der Waals surface area contributed by atoms with Gasteiger partial charge in [0.2, 0.25) is 0 Å². The molecule has 0 heterocycles. The van der Waals surface area contributed by atoms with E-state index in [9.17, 15) is 5.11 Å². The number of benzene rings is 2. The monoisotopic (exact) mass is 267 g/mol. The number of phenolic OH excluding ortho intramolecular Hbond substituents is 1. The summed E-state index contributed by atoms with van der Waals surface area (Å²) in [4.78, 5) is 4.44. The second-order valence-electron chi connectivity index (χ2n) is 6.10. The SMILES string of the molecule is Cc1cc(N=Cc2ccccc2)c(O)c(C(C)(C)C)c1. The van der Waals surface area contributed by atoms with Gasteiger partial charge in [-0.05, 0) is 29.5 Å². The van der Waals surface area contributed by atoms with Crippen LogP contribution in [-0.2, 0) is 5.41 Å². The summed E-state index contributed by atoms with van der Waals surface area (Å²) in [6.07, 6.45) is 1.78. The number of nitrogens with zero attached hydrogens (tertiary/aromatic N) is 1. The summed E-state index contributed by atoms with van der Waals surface area (Å²) in [6.45, 7) is 8.29. The van der Waals surface area contributed by atoms with Crippen molar-refractivity contribution in [2.45, 2.75) is 33.1 Å². The van der Waals surface area contributed by atoms with Crippen LogP contribution in [0.4, 0.5) is 5.69 Å². The zero-order chi connectivity index (χ0) is 14.8. The van der Waals surface area contributed by atoms with E-state index in [4.69, 9.17) is 0 Å². The van der Waals surface area contributed by atoms with Gasteiger partial charge >= 0.3 is 0 Å². The standard InChI is InChI=1S/C18H21NO/c1-13-10-15(18(2,3)4)17(20)16(11-13)19-12-14-8-6-5-7-9-14/h5-12,20H,1-4H3. The summed E-state index contributed by atoms with van der Waals surface area (Å²) < 4.78 is 0. The minimum atomic E-state index is -0.104. The first-order valence-electron chi connectivity index (χ1n) is 6.81. The maximum Gasteiger partial charge on any atom is 0.144 e. The Bertz CT molecular complexity index is 622. The van der Waals surface area contributed by atoms with Crippen LogP contribution in [0.3, 0.4) is 0 Å². The van der Waals surface area contributed by atoms with E-state index in [1.807, 2.05) is 49.4 Å². The number of rotatable bonds is 2. The first kappa shape index (κ1) is 14.3. The summed E-state index contributed by atoms with van der Waals surface area (Å²) >= 11 is 0. The lowest BCUT2D eigenvalue weighted by Gasteiger charge is -2.21. The van der Waals surface area contributed by atoms with Crippen LogP contribution in [0.5, 0.6) is 5.75 Å². The Balaban J connectivity index is 2.43. The number of phenols is 1. The van der Waals surface area contributed by atoms with Gasteiger partial charge in [-0.1, -0.05) is 57.2 Å². The van der Waals surface area contributed by atoms with Crippen molar-refractivity contribution in [3.05, 3.63) is 59.2 Å². The van der Waals surface area contributed by atoms with E-state index < -0.39 is 0 Å². The van der Waals surface area contributed by atoms with Gasteiger partial charge in [0.1, 0.15) is 11.4 Å². The van der Waals surface area contributed by atoms with Crippen molar-refractivity contribution in [1.82, 2.24) is 0 Å². The Morgan fingerprint density at radius 3 is 2.30 bits per heavy atom. The van der Waals surface area contributed by atoms with Gasteiger partial charge in [-0.2, -0.15) is 0 Å². The molecule has 0 aliphatic heterocycles. The maximum atomic E-state index is 10.4. The third-order valence-corrected chi connectivity index (χ3v) is 3.19. The van der Waals surface area contributed by atoms with E-state index in [1.54, 1.807) is 6.21 Å². The minimum Gasteiger partial charge on any atom is -0.505 e. The van der Waals surface area contributed by atoms with E-state index >= 15 is 0 Å². The van der Waals surface area contributed by atoms with Crippen molar-refractivity contribution >= 4 is 11.9 Å². The molecule has 0 aliphatic rings. The third kappa shape index (κ3) is 3.27. The van der Waals surface area contributed by atoms with Crippen molar-refractivity contribution in [3.63, 3.8) is 0 Å². The number of hydrogen-bond acceptors (Lipinski definition) is 2. The first-order valence-corrected chi connectivity index (χ1v) is 6.81. The van der Waals surface area contributed by atoms with Gasteiger partial charge in [0, 0.05) is 11.8 Å². The highest BCUT2D eigenvalue weighted by Crippen LogP contribution is 2.38. The zero-order valence-corrected chi connectivity index (χ0v) is 12.5. The fourth-order valence-corrected chi connectivity index (χ4v) is 2.11. The van der Waals surface area contributed by atoms with Crippen molar-refractivity contribution in [2.24, 2.45) is 4.99 Å². The number of hydrogen-bond donors (Lipinski definition) is 1. The summed E-state index contributed by atoms with van der Waals surface area (Å²) in [5, 5.41) is 10.4. The molecular weight excluding hydrogens is 246 g/mol. The van der Waals surface area contributed by atoms with E-state index in [2.05, 4.69) is 25.8 Å². The smallest absolute Gasteiger partial charge is 0.144 e. The Hall–Kier alpha value is -2.09. The molecule has 0 atom stereocenters. The Kier molecular flexibility index (Phi) is 3.93. The lowest BCUT2D eigenvalue weighted by molar-refractivity contribution is 0.448. The van der Waals surface area contributed by atoms with Crippen LogP contribution < -0.4 is 0 Å². The second kappa shape index (κ2) is 5.49. The molecule has 1 N–H and O–H groups in total. The Morgan fingerprint density at radius 1 is 1.05 bits per heavy atom. The Morgan fingerprint density at radius 2 is 1.70 bits per heavy atom. The normalized spacial score (nSPS) is 12.0. The molecule has 0 bridgehead atoms. The lowest BCUT2D eigenvalue weighted by atomic mass is 9.85. The lowest BCUT2D eigenvalue weighted by Crippen LogP contribution is -2.11. The average molecular weight is 267 g/mol. The largest absolute Gasteiger partial charge is 0.505 e. The molecule has 2 rings (SSSR count). The molecule has 0 radical (unpaired) electrons. The molecule has 2 aromatic carbocycles. The molecule has 0 saturated carbocycles. The van der Waals surface area contributed by atoms with Gasteiger partial charge in [0.15, 0.2) is 0 Å². The maximum absolute atomic E-state index is 10.4. The van der Waals surface area contributed by atoms with Crippen molar-refractivity contribution in [3.8, 4) is 5.75 Å². The molecule has 0 saturated heterocycles. The van der Waals surface area contributed by atoms with Crippen molar-refractivity contribution < 1.29 is 5.11 Å². The molecule has 104 valence electrons. The van der Waals surface area contributed by atoms with Crippen LogP contribution in [0.1, 0.15) is 37.5 Å². The molecule has 0 aliphatic carbocycles. The van der Waals surface area contributed by atoms with Crippen LogP contribution in [0.2, 0.25) is 0 Å². The predicted molar refractivity (Wildman–Crippen MR) is 85.2 cm³/mol. The van der Waals surface area contributed by atoms with E-state index in [-0.39, 0.29) is 11.2 Å². The van der Waals surface area contributed by atoms with Gasteiger partial charge in [-0.3, -0.25) is 4.99 Å². The number of aromatic hydroxyl groups is 1. The molecule has 2 aromatic rings. The quantitative estimate of drug-likeness (QED) is 0.782. The zero-order valence-electron chi connectivity index (χ0n) is 12.5. The molecule has 0 fully saturated rings. The van der Waals surface area contributed by atoms with Gasteiger partial charge in [-0.15, -0.1) is 0 Å². The second-order valence-corrected chi connectivity index (χ2v) is 6.10. The first-order chi connectivity index (χ1) is 9.38. The molecule has 20 heavy (non-hydrogen) atoms. The molecule has 0 spiro atoms. The van der Waals surface area contributed by atoms with Crippen LogP contribution in [0.25, 0.3) is 0 Å². The van der Waals surface area contributed by atoms with Gasteiger partial charge in [-0.25, -0.2) is 0 Å². The highest BCUT2D eigenvalue weighted by Gasteiger charge is 2.20. The van der Waals surface area contributed by atoms with E-state index in [0.29, 0.717) is 5.69 Å². The molecule has 2 nitrogen and oxygen atoms in total. The minimum absolute atomic E-state index is 0.104. The third-order valence-electron chi connectivity index (χ3n) is 3.19. The van der Waals surface area contributed by atoms with Crippen LogP contribution in [0.15, 0.2) is 47.5 Å². The van der Waals surface area contributed by atoms with Crippen molar-refractivity contribution in [1.29, 1.82) is 0 Å². The van der Waals surface area contributed by atoms with Gasteiger partial charge < -0.3 is 5.11 Å². The molecule has 0 unspecified atom stereocenters. The number of aliphatic imine (C=N–C) groups is 1. The van der Waals surface area contributed by atoms with Gasteiger partial charge in [0.25, 0.3) is 0 Å². The van der Waals surface area contributed by atoms with Gasteiger partial charge in [0.05, 0.1) is 0 Å². The highest BCUT2D eigenvalue weighted by atomic mass is 16.3. The van der Waals surface area contributed by atoms with Crippen LogP contribution in [-0.4, -0.2) is 11.3 Å². The molecule has 0 amide bonds. The van der Waals surface area contributed by atoms with Crippen molar-refractivity contribution in [2.75, 3.05) is 0 Å². The molecular formula is C18H21NO. The van der Waals surface area contributed by atoms with E-state index in [1.165, 1.54) is 0 Å². The summed E-state index contributed by atoms with van der Waals surface area (Å²) in [6, 6.07) is 13.8. The number of aryl methyl sites for hydroxylation is 1. The topological polar surface area (TPSA) is 32.6 Å². The fourth-order valence-electron chi connectivity index (χ4n) is 2.11. The molecule has 0 aromatic heterocycles. The highest BCUT2D eigenvalue weighted by molar-refractivity contribution is 5.83. The summed E-state index contributed by atoms with van der Waals surface area (Å²) in [7, 11) is 0. The fraction of sp³-hybridized carbons (Fsp3) is 0.278. The van der Waals surface area contributed by atoms with E-state index in [0.717, 1.165) is 16.7 Å².